The second-order valence-electron chi connectivity index (χ2n) is 10.1. The molecule has 0 saturated carbocycles. The second kappa shape index (κ2) is 13.0. The van der Waals surface area contributed by atoms with E-state index in [-0.39, 0.29) is 5.43 Å². The van der Waals surface area contributed by atoms with Gasteiger partial charge < -0.3 is 23.9 Å². The molecule has 0 saturated heterocycles. The van der Waals surface area contributed by atoms with Crippen molar-refractivity contribution < 1.29 is 18.6 Å². The number of hydrogen-bond donors (Lipinski definition) is 1. The second-order valence-corrected chi connectivity index (χ2v) is 10.1. The molecular formula is C37H31NO5. The van der Waals surface area contributed by atoms with Crippen LogP contribution in [-0.2, 0) is 19.8 Å². The van der Waals surface area contributed by atoms with E-state index in [4.69, 9.17) is 18.6 Å². The zero-order chi connectivity index (χ0) is 29.4. The number of ether oxygens (including phenoxy) is 3. The van der Waals surface area contributed by atoms with Crippen molar-refractivity contribution in [2.45, 2.75) is 19.8 Å². The highest BCUT2D eigenvalue weighted by Gasteiger charge is 2.16. The van der Waals surface area contributed by atoms with E-state index in [9.17, 15) is 4.79 Å². The fourth-order valence-corrected chi connectivity index (χ4v) is 4.84. The van der Waals surface area contributed by atoms with E-state index in [0.717, 1.165) is 16.7 Å². The summed E-state index contributed by atoms with van der Waals surface area (Å²) in [5.74, 6) is 2.15. The van der Waals surface area contributed by atoms with E-state index in [1.165, 1.54) is 6.07 Å². The van der Waals surface area contributed by atoms with Gasteiger partial charge in [-0.15, -0.1) is 0 Å². The van der Waals surface area contributed by atoms with Gasteiger partial charge in [0.1, 0.15) is 30.3 Å². The van der Waals surface area contributed by atoms with Gasteiger partial charge in [0, 0.05) is 30.3 Å². The Kier molecular flexibility index (Phi) is 8.36. The zero-order valence-electron chi connectivity index (χ0n) is 23.8. The lowest BCUT2D eigenvalue weighted by Gasteiger charge is -2.15. The van der Waals surface area contributed by atoms with Crippen LogP contribution in [0, 0.1) is 0 Å². The highest BCUT2D eigenvalue weighted by atomic mass is 16.5. The van der Waals surface area contributed by atoms with E-state index in [2.05, 4.69) is 5.32 Å². The van der Waals surface area contributed by atoms with Gasteiger partial charge in [-0.3, -0.25) is 4.79 Å². The normalized spacial score (nSPS) is 10.8. The molecule has 0 spiro atoms. The van der Waals surface area contributed by atoms with Crippen molar-refractivity contribution in [3.8, 4) is 28.6 Å². The summed E-state index contributed by atoms with van der Waals surface area (Å²) in [6, 6.07) is 40.5. The largest absolute Gasteiger partial charge is 0.493 e. The summed E-state index contributed by atoms with van der Waals surface area (Å²) in [6.45, 7) is 1.30. The fraction of sp³-hybridized carbons (Fsp3) is 0.108. The molecule has 6 rings (SSSR count). The highest BCUT2D eigenvalue weighted by Crippen LogP contribution is 2.35. The van der Waals surface area contributed by atoms with E-state index in [0.29, 0.717) is 65.0 Å². The predicted octanol–water partition coefficient (Wildman–Crippen LogP) is 8.24. The topological polar surface area (TPSA) is 69.9 Å². The quantitative estimate of drug-likeness (QED) is 0.169. The van der Waals surface area contributed by atoms with Crippen molar-refractivity contribution in [1.29, 1.82) is 0 Å². The van der Waals surface area contributed by atoms with Gasteiger partial charge in [0.25, 0.3) is 0 Å². The molecule has 6 nitrogen and oxygen atoms in total. The fourth-order valence-electron chi connectivity index (χ4n) is 4.84. The maximum absolute atomic E-state index is 13.6. The van der Waals surface area contributed by atoms with Crippen molar-refractivity contribution in [2.24, 2.45) is 0 Å². The highest BCUT2D eigenvalue weighted by molar-refractivity contribution is 5.92. The molecule has 0 bridgehead atoms. The number of hydrogen-bond acceptors (Lipinski definition) is 6. The molecule has 5 aromatic carbocycles. The van der Waals surface area contributed by atoms with E-state index < -0.39 is 0 Å². The van der Waals surface area contributed by atoms with Crippen LogP contribution in [0.4, 0.5) is 5.69 Å². The lowest BCUT2D eigenvalue weighted by molar-refractivity contribution is 0.284. The summed E-state index contributed by atoms with van der Waals surface area (Å²) in [4.78, 5) is 13.6. The molecule has 0 amide bonds. The van der Waals surface area contributed by atoms with Gasteiger partial charge in [-0.1, -0.05) is 91.0 Å². The first-order valence-corrected chi connectivity index (χ1v) is 14.1. The van der Waals surface area contributed by atoms with Gasteiger partial charge in [-0.2, -0.15) is 0 Å². The van der Waals surface area contributed by atoms with Gasteiger partial charge in [-0.05, 0) is 34.9 Å². The molecule has 0 fully saturated rings. The van der Waals surface area contributed by atoms with Crippen LogP contribution in [0.5, 0.6) is 17.2 Å². The Hall–Kier alpha value is -5.49. The third-order valence-corrected chi connectivity index (χ3v) is 7.06. The molecule has 0 aliphatic carbocycles. The Morgan fingerprint density at radius 1 is 0.651 bits per heavy atom. The molecule has 0 aliphatic heterocycles. The van der Waals surface area contributed by atoms with Gasteiger partial charge in [0.2, 0.25) is 0 Å². The van der Waals surface area contributed by atoms with E-state index >= 15 is 0 Å². The Balaban J connectivity index is 1.36. The predicted molar refractivity (Wildman–Crippen MR) is 170 cm³/mol. The van der Waals surface area contributed by atoms with Crippen molar-refractivity contribution >= 4 is 16.7 Å². The lowest BCUT2D eigenvalue weighted by Crippen LogP contribution is -2.08. The van der Waals surface area contributed by atoms with Gasteiger partial charge >= 0.3 is 0 Å². The molecule has 6 heteroatoms. The molecule has 1 heterocycles. The molecule has 1 N–H and O–H groups in total. The maximum Gasteiger partial charge on any atom is 0.195 e. The lowest BCUT2D eigenvalue weighted by atomic mass is 10.1. The number of nitrogens with one attached hydrogen (secondary N) is 1. The van der Waals surface area contributed by atoms with Crippen molar-refractivity contribution in [3.05, 3.63) is 154 Å². The van der Waals surface area contributed by atoms with Crippen LogP contribution < -0.4 is 25.0 Å². The first-order chi connectivity index (χ1) is 21.2. The SMILES string of the molecule is COc1ccc(-c2cc(=O)c3c(NCc4ccccc4)cc(OCc4ccccc4)cc3o2)cc1OCc1ccccc1. The molecular weight excluding hydrogens is 538 g/mol. The smallest absolute Gasteiger partial charge is 0.195 e. The van der Waals surface area contributed by atoms with Crippen LogP contribution in [0.3, 0.4) is 0 Å². The van der Waals surface area contributed by atoms with E-state index in [1.54, 1.807) is 13.2 Å². The number of methoxy groups -OCH3 is 1. The molecule has 43 heavy (non-hydrogen) atoms. The Bertz CT molecular complexity index is 1870. The maximum atomic E-state index is 13.6. The number of benzene rings is 5. The minimum atomic E-state index is -0.163. The standard InChI is InChI=1S/C37H31NO5/c1-40-33-18-17-29(19-35(33)42-25-28-15-9-4-10-16-28)34-22-32(39)37-31(38-23-26-11-5-2-6-12-26)20-30(21-36(37)43-34)41-24-27-13-7-3-8-14-27/h2-22,38H,23-25H2,1H3. The Morgan fingerprint density at radius 3 is 1.93 bits per heavy atom. The van der Waals surface area contributed by atoms with Crippen LogP contribution in [-0.4, -0.2) is 7.11 Å². The summed E-state index contributed by atoms with van der Waals surface area (Å²) >= 11 is 0. The van der Waals surface area contributed by atoms with Crippen molar-refractivity contribution in [2.75, 3.05) is 12.4 Å². The molecule has 6 aromatic rings. The molecule has 0 radical (unpaired) electrons. The van der Waals surface area contributed by atoms with Crippen molar-refractivity contribution in [1.82, 2.24) is 0 Å². The summed E-state index contributed by atoms with van der Waals surface area (Å²) < 4.78 is 24.2. The summed E-state index contributed by atoms with van der Waals surface area (Å²) in [6.07, 6.45) is 0. The van der Waals surface area contributed by atoms with Crippen LogP contribution in [0.25, 0.3) is 22.3 Å². The third-order valence-electron chi connectivity index (χ3n) is 7.06. The van der Waals surface area contributed by atoms with Gasteiger partial charge in [-0.25, -0.2) is 0 Å². The minimum absolute atomic E-state index is 0.163. The molecule has 0 unspecified atom stereocenters. The van der Waals surface area contributed by atoms with Crippen LogP contribution in [0.15, 0.2) is 137 Å². The molecule has 0 atom stereocenters. The summed E-state index contributed by atoms with van der Waals surface area (Å²) in [7, 11) is 1.60. The molecule has 0 aliphatic rings. The van der Waals surface area contributed by atoms with Crippen LogP contribution in [0.2, 0.25) is 0 Å². The summed E-state index contributed by atoms with van der Waals surface area (Å²) in [5, 5.41) is 3.88. The number of anilines is 1. The molecule has 214 valence electrons. The molecule has 1 aromatic heterocycles. The third kappa shape index (κ3) is 6.71. The van der Waals surface area contributed by atoms with Gasteiger partial charge in [0.15, 0.2) is 16.9 Å². The average molecular weight is 570 g/mol. The zero-order valence-corrected chi connectivity index (χ0v) is 23.8. The van der Waals surface area contributed by atoms with Gasteiger partial charge in [0.05, 0.1) is 18.2 Å². The van der Waals surface area contributed by atoms with Crippen molar-refractivity contribution in [3.63, 3.8) is 0 Å². The average Bonchev–Trinajstić information content (AvgIpc) is 3.06. The van der Waals surface area contributed by atoms with E-state index in [1.807, 2.05) is 115 Å². The Labute approximate surface area is 250 Å². The summed E-state index contributed by atoms with van der Waals surface area (Å²) in [5.41, 5.74) is 4.76. The Morgan fingerprint density at radius 2 is 1.28 bits per heavy atom. The number of fused-ring (bicyclic) bond motifs is 1. The monoisotopic (exact) mass is 569 g/mol. The van der Waals surface area contributed by atoms with Crippen LogP contribution in [0.1, 0.15) is 16.7 Å². The first kappa shape index (κ1) is 27.7. The van der Waals surface area contributed by atoms with Crippen LogP contribution >= 0.6 is 0 Å². The number of rotatable bonds is 11. The minimum Gasteiger partial charge on any atom is -0.493 e. The first-order valence-electron chi connectivity index (χ1n) is 14.1.